The summed E-state index contributed by atoms with van der Waals surface area (Å²) >= 11 is 0. The standard InChI is InChI=1S/C21H31N3O3/c1-6-24(7-2)16-8-9-17-15(3)18(21(26)27-19(17)14-16)10-11-20(25)22-12-13-23(4)5/h8-9,14H,6-7,10-13H2,1-5H3,(H,22,25). The van der Waals surface area contributed by atoms with Crippen molar-refractivity contribution in [2.75, 3.05) is 45.2 Å². The number of likely N-dealkylation sites (N-methyl/N-ethyl adjacent to an activating group) is 1. The molecule has 6 nitrogen and oxygen atoms in total. The van der Waals surface area contributed by atoms with Crippen LogP contribution in [0.15, 0.2) is 27.4 Å². The average Bonchev–Trinajstić information content (AvgIpc) is 2.62. The predicted octanol–water partition coefficient (Wildman–Crippen LogP) is 2.56. The number of carbonyl (C=O) groups excluding carboxylic acids is 1. The van der Waals surface area contributed by atoms with E-state index in [-0.39, 0.29) is 18.0 Å². The fourth-order valence-electron chi connectivity index (χ4n) is 3.20. The van der Waals surface area contributed by atoms with Crippen LogP contribution in [0.5, 0.6) is 0 Å². The van der Waals surface area contributed by atoms with Crippen molar-refractivity contribution in [1.82, 2.24) is 10.2 Å². The number of hydrogen-bond acceptors (Lipinski definition) is 5. The zero-order chi connectivity index (χ0) is 20.0. The first-order valence-corrected chi connectivity index (χ1v) is 9.60. The summed E-state index contributed by atoms with van der Waals surface area (Å²) < 4.78 is 5.58. The van der Waals surface area contributed by atoms with Gasteiger partial charge in [-0.3, -0.25) is 4.79 Å². The molecule has 0 aliphatic carbocycles. The van der Waals surface area contributed by atoms with E-state index in [1.54, 1.807) is 0 Å². The summed E-state index contributed by atoms with van der Waals surface area (Å²) in [6, 6.07) is 5.98. The topological polar surface area (TPSA) is 65.8 Å². The lowest BCUT2D eigenvalue weighted by Gasteiger charge is -2.21. The van der Waals surface area contributed by atoms with E-state index in [9.17, 15) is 9.59 Å². The molecule has 0 saturated heterocycles. The van der Waals surface area contributed by atoms with Crippen LogP contribution in [-0.2, 0) is 11.2 Å². The average molecular weight is 373 g/mol. The molecule has 0 aliphatic rings. The minimum atomic E-state index is -0.349. The molecule has 148 valence electrons. The maximum atomic E-state index is 12.5. The monoisotopic (exact) mass is 373 g/mol. The number of nitrogens with zero attached hydrogens (tertiary/aromatic N) is 2. The van der Waals surface area contributed by atoms with E-state index >= 15 is 0 Å². The summed E-state index contributed by atoms with van der Waals surface area (Å²) in [4.78, 5) is 28.7. The van der Waals surface area contributed by atoms with Crippen LogP contribution < -0.4 is 15.8 Å². The van der Waals surface area contributed by atoms with Crippen LogP contribution in [0.1, 0.15) is 31.4 Å². The van der Waals surface area contributed by atoms with E-state index in [2.05, 4.69) is 30.1 Å². The summed E-state index contributed by atoms with van der Waals surface area (Å²) in [5.74, 6) is -0.0485. The minimum absolute atomic E-state index is 0.0485. The number of hydrogen-bond donors (Lipinski definition) is 1. The van der Waals surface area contributed by atoms with Gasteiger partial charge in [-0.05, 0) is 59.0 Å². The summed E-state index contributed by atoms with van der Waals surface area (Å²) in [5, 5.41) is 3.80. The largest absolute Gasteiger partial charge is 0.422 e. The van der Waals surface area contributed by atoms with Crippen molar-refractivity contribution in [2.24, 2.45) is 0 Å². The number of rotatable bonds is 9. The van der Waals surface area contributed by atoms with Gasteiger partial charge in [0.2, 0.25) is 5.91 Å². The van der Waals surface area contributed by atoms with Gasteiger partial charge in [0.15, 0.2) is 0 Å². The molecule has 2 rings (SSSR count). The van der Waals surface area contributed by atoms with Gasteiger partial charge >= 0.3 is 5.63 Å². The highest BCUT2D eigenvalue weighted by Gasteiger charge is 2.14. The maximum absolute atomic E-state index is 12.5. The van der Waals surface area contributed by atoms with Gasteiger partial charge in [-0.2, -0.15) is 0 Å². The Bertz CT molecular complexity index is 838. The number of benzene rings is 1. The van der Waals surface area contributed by atoms with Crippen LogP contribution in [0.25, 0.3) is 11.0 Å². The second kappa shape index (κ2) is 9.55. The minimum Gasteiger partial charge on any atom is -0.422 e. The molecule has 6 heteroatoms. The molecule has 1 amide bonds. The molecule has 1 N–H and O–H groups in total. The van der Waals surface area contributed by atoms with E-state index in [4.69, 9.17) is 4.42 Å². The summed E-state index contributed by atoms with van der Waals surface area (Å²) in [5.41, 5.74) is 2.77. The molecule has 2 aromatic rings. The van der Waals surface area contributed by atoms with E-state index in [0.29, 0.717) is 24.1 Å². The van der Waals surface area contributed by atoms with E-state index < -0.39 is 0 Å². The number of nitrogens with one attached hydrogen (secondary N) is 1. The molecule has 0 atom stereocenters. The Morgan fingerprint density at radius 1 is 1.19 bits per heavy atom. The Morgan fingerprint density at radius 3 is 2.52 bits per heavy atom. The lowest BCUT2D eigenvalue weighted by molar-refractivity contribution is -0.121. The van der Waals surface area contributed by atoms with Crippen molar-refractivity contribution in [3.05, 3.63) is 39.7 Å². The van der Waals surface area contributed by atoms with Gasteiger partial charge in [0.05, 0.1) is 0 Å². The van der Waals surface area contributed by atoms with Crippen LogP contribution in [0.2, 0.25) is 0 Å². The quantitative estimate of drug-likeness (QED) is 0.685. The van der Waals surface area contributed by atoms with Crippen LogP contribution in [-0.4, -0.2) is 51.1 Å². The maximum Gasteiger partial charge on any atom is 0.339 e. The Morgan fingerprint density at radius 2 is 1.89 bits per heavy atom. The predicted molar refractivity (Wildman–Crippen MR) is 111 cm³/mol. The highest BCUT2D eigenvalue weighted by atomic mass is 16.4. The Labute approximate surface area is 161 Å². The smallest absolute Gasteiger partial charge is 0.339 e. The van der Waals surface area contributed by atoms with Crippen LogP contribution in [0.3, 0.4) is 0 Å². The van der Waals surface area contributed by atoms with Crippen molar-refractivity contribution in [2.45, 2.75) is 33.6 Å². The van der Waals surface area contributed by atoms with Crippen molar-refractivity contribution in [3.8, 4) is 0 Å². The molecular weight excluding hydrogens is 342 g/mol. The molecule has 27 heavy (non-hydrogen) atoms. The zero-order valence-corrected chi connectivity index (χ0v) is 17.1. The molecular formula is C21H31N3O3. The lowest BCUT2D eigenvalue weighted by atomic mass is 10.0. The second-order valence-electron chi connectivity index (χ2n) is 7.00. The molecule has 0 radical (unpaired) electrons. The number of carbonyl (C=O) groups is 1. The van der Waals surface area contributed by atoms with Gasteiger partial charge in [-0.25, -0.2) is 4.79 Å². The SMILES string of the molecule is CCN(CC)c1ccc2c(C)c(CCC(=O)NCCN(C)C)c(=O)oc2c1. The first-order chi connectivity index (χ1) is 12.9. The van der Waals surface area contributed by atoms with Crippen molar-refractivity contribution < 1.29 is 9.21 Å². The van der Waals surface area contributed by atoms with Gasteiger partial charge < -0.3 is 19.5 Å². The summed E-state index contributed by atoms with van der Waals surface area (Å²) in [7, 11) is 3.92. The number of aryl methyl sites for hydroxylation is 1. The van der Waals surface area contributed by atoms with Crippen molar-refractivity contribution in [3.63, 3.8) is 0 Å². The van der Waals surface area contributed by atoms with Crippen LogP contribution >= 0.6 is 0 Å². The first-order valence-electron chi connectivity index (χ1n) is 9.60. The molecule has 0 aliphatic heterocycles. The first kappa shape index (κ1) is 21.0. The van der Waals surface area contributed by atoms with E-state index in [1.807, 2.05) is 38.1 Å². The number of anilines is 1. The molecule has 1 heterocycles. The third-order valence-corrected chi connectivity index (χ3v) is 4.88. The molecule has 0 spiro atoms. The van der Waals surface area contributed by atoms with Gasteiger partial charge in [-0.15, -0.1) is 0 Å². The van der Waals surface area contributed by atoms with Crippen LogP contribution in [0.4, 0.5) is 5.69 Å². The van der Waals surface area contributed by atoms with E-state index in [0.717, 1.165) is 36.3 Å². The van der Waals surface area contributed by atoms with Gasteiger partial charge in [-0.1, -0.05) is 0 Å². The third kappa shape index (κ3) is 5.32. The van der Waals surface area contributed by atoms with Gasteiger partial charge in [0.25, 0.3) is 0 Å². The highest BCUT2D eigenvalue weighted by Crippen LogP contribution is 2.25. The van der Waals surface area contributed by atoms with Crippen LogP contribution in [0, 0.1) is 6.92 Å². The Kier molecular flexibility index (Phi) is 7.42. The van der Waals surface area contributed by atoms with Crippen molar-refractivity contribution >= 4 is 22.6 Å². The molecule has 0 bridgehead atoms. The molecule has 1 aromatic heterocycles. The summed E-state index contributed by atoms with van der Waals surface area (Å²) in [6.07, 6.45) is 0.664. The zero-order valence-electron chi connectivity index (χ0n) is 17.1. The van der Waals surface area contributed by atoms with E-state index in [1.165, 1.54) is 0 Å². The molecule has 0 fully saturated rings. The fourth-order valence-corrected chi connectivity index (χ4v) is 3.20. The molecule has 0 saturated carbocycles. The highest BCUT2D eigenvalue weighted by molar-refractivity contribution is 5.84. The lowest BCUT2D eigenvalue weighted by Crippen LogP contribution is -2.31. The Hall–Kier alpha value is -2.34. The molecule has 1 aromatic carbocycles. The number of amides is 1. The van der Waals surface area contributed by atoms with Gasteiger partial charge in [0.1, 0.15) is 5.58 Å². The molecule has 0 unspecified atom stereocenters. The normalized spacial score (nSPS) is 11.2. The number of fused-ring (bicyclic) bond motifs is 1. The van der Waals surface area contributed by atoms with Crippen molar-refractivity contribution in [1.29, 1.82) is 0 Å². The Balaban J connectivity index is 2.17. The summed E-state index contributed by atoms with van der Waals surface area (Å²) in [6.45, 7) is 9.31. The van der Waals surface area contributed by atoms with Gasteiger partial charge in [0, 0.05) is 55.3 Å². The third-order valence-electron chi connectivity index (χ3n) is 4.88. The fraction of sp³-hybridized carbons (Fsp3) is 0.524. The second-order valence-corrected chi connectivity index (χ2v) is 7.00.